The zero-order valence-electron chi connectivity index (χ0n) is 15.6. The van der Waals surface area contributed by atoms with Gasteiger partial charge in [0.1, 0.15) is 11.8 Å². The van der Waals surface area contributed by atoms with Crippen LogP contribution in [-0.2, 0) is 20.7 Å². The van der Waals surface area contributed by atoms with Crippen LogP contribution in [0.5, 0.6) is 0 Å². The van der Waals surface area contributed by atoms with Gasteiger partial charge in [-0.05, 0) is 36.8 Å². The van der Waals surface area contributed by atoms with Crippen molar-refractivity contribution in [3.63, 3.8) is 0 Å². The average molecular weight is 441 g/mol. The molecule has 0 heterocycles. The van der Waals surface area contributed by atoms with E-state index < -0.39 is 22.9 Å². The van der Waals surface area contributed by atoms with E-state index >= 15 is 0 Å². The molecule has 0 fully saturated rings. The van der Waals surface area contributed by atoms with Gasteiger partial charge in [-0.2, -0.15) is 0 Å². The molecule has 2 rings (SSSR count). The lowest BCUT2D eigenvalue weighted by molar-refractivity contribution is -0.383. The van der Waals surface area contributed by atoms with Crippen LogP contribution in [0.15, 0.2) is 36.4 Å². The van der Waals surface area contributed by atoms with Gasteiger partial charge < -0.3 is 14.8 Å². The number of hydrogen-bond donors (Lipinski definition) is 1. The number of nitrogens with zero attached hydrogens (tertiary/aromatic N) is 1. The Bertz CT molecular complexity index is 935. The Balaban J connectivity index is 2.27. The van der Waals surface area contributed by atoms with Crippen LogP contribution in [0, 0.1) is 10.1 Å². The van der Waals surface area contributed by atoms with Crippen molar-refractivity contribution in [2.75, 3.05) is 19.0 Å². The standard InChI is InChI=1S/C19H18Cl2N2O6/c1-3-29-19(25)12-5-7-16(23(26)27)15(8-12)22-18(24)17(28-2)9-11-4-6-13(20)10-14(11)21/h4-8,10,17H,3,9H2,1-2H3,(H,22,24). The summed E-state index contributed by atoms with van der Waals surface area (Å²) in [6.07, 6.45) is -0.872. The van der Waals surface area contributed by atoms with Crippen molar-refractivity contribution in [3.8, 4) is 0 Å². The molecular weight excluding hydrogens is 423 g/mol. The fourth-order valence-corrected chi connectivity index (χ4v) is 3.01. The number of nitro benzene ring substituents is 1. The van der Waals surface area contributed by atoms with Crippen molar-refractivity contribution in [1.82, 2.24) is 0 Å². The van der Waals surface area contributed by atoms with Gasteiger partial charge in [0.15, 0.2) is 0 Å². The number of hydrogen-bond acceptors (Lipinski definition) is 6. The summed E-state index contributed by atoms with van der Waals surface area (Å²) < 4.78 is 10.1. The number of halogens is 2. The Morgan fingerprint density at radius 3 is 2.52 bits per heavy atom. The third-order valence-electron chi connectivity index (χ3n) is 3.96. The van der Waals surface area contributed by atoms with E-state index in [1.165, 1.54) is 25.3 Å². The first-order valence-corrected chi connectivity index (χ1v) is 9.25. The van der Waals surface area contributed by atoms with Crippen LogP contribution in [0.1, 0.15) is 22.8 Å². The molecule has 0 aliphatic heterocycles. The summed E-state index contributed by atoms with van der Waals surface area (Å²) in [6, 6.07) is 8.40. The predicted molar refractivity (Wildman–Crippen MR) is 109 cm³/mol. The summed E-state index contributed by atoms with van der Waals surface area (Å²) in [5.74, 6) is -1.29. The zero-order chi connectivity index (χ0) is 21.6. The maximum atomic E-state index is 12.7. The summed E-state index contributed by atoms with van der Waals surface area (Å²) in [5.41, 5.74) is 0.177. The summed E-state index contributed by atoms with van der Waals surface area (Å²) in [4.78, 5) is 35.2. The second kappa shape index (κ2) is 10.2. The number of anilines is 1. The lowest BCUT2D eigenvalue weighted by Gasteiger charge is -2.16. The quantitative estimate of drug-likeness (QED) is 0.372. The van der Waals surface area contributed by atoms with Crippen LogP contribution in [0.2, 0.25) is 10.0 Å². The zero-order valence-corrected chi connectivity index (χ0v) is 17.1. The molecule has 0 spiro atoms. The molecule has 10 heteroatoms. The van der Waals surface area contributed by atoms with Gasteiger partial charge in [-0.15, -0.1) is 0 Å². The third kappa shape index (κ3) is 5.90. The van der Waals surface area contributed by atoms with E-state index in [2.05, 4.69) is 5.32 Å². The van der Waals surface area contributed by atoms with Crippen LogP contribution < -0.4 is 5.32 Å². The number of ether oxygens (including phenoxy) is 2. The van der Waals surface area contributed by atoms with Crippen molar-refractivity contribution in [3.05, 3.63) is 67.7 Å². The molecule has 0 bridgehead atoms. The van der Waals surface area contributed by atoms with Gasteiger partial charge in [0.25, 0.3) is 11.6 Å². The van der Waals surface area contributed by atoms with Crippen LogP contribution >= 0.6 is 23.2 Å². The number of carbonyl (C=O) groups excluding carboxylic acids is 2. The molecule has 2 aromatic rings. The lowest BCUT2D eigenvalue weighted by Crippen LogP contribution is -2.32. The van der Waals surface area contributed by atoms with Gasteiger partial charge >= 0.3 is 5.97 Å². The molecular formula is C19H18Cl2N2O6. The van der Waals surface area contributed by atoms with Gasteiger partial charge in [0.2, 0.25) is 0 Å². The maximum Gasteiger partial charge on any atom is 0.338 e. The number of rotatable bonds is 8. The van der Waals surface area contributed by atoms with Crippen LogP contribution in [0.3, 0.4) is 0 Å². The van der Waals surface area contributed by atoms with Gasteiger partial charge in [-0.3, -0.25) is 14.9 Å². The molecule has 1 atom stereocenters. The van der Waals surface area contributed by atoms with Gasteiger partial charge in [-0.1, -0.05) is 29.3 Å². The van der Waals surface area contributed by atoms with Crippen molar-refractivity contribution in [2.45, 2.75) is 19.4 Å². The highest BCUT2D eigenvalue weighted by atomic mass is 35.5. The Kier molecular flexibility index (Phi) is 7.95. The fourth-order valence-electron chi connectivity index (χ4n) is 2.52. The van der Waals surface area contributed by atoms with Crippen molar-refractivity contribution < 1.29 is 24.0 Å². The average Bonchev–Trinajstić information content (AvgIpc) is 2.67. The number of amides is 1. The number of methoxy groups -OCH3 is 1. The number of carbonyl (C=O) groups is 2. The number of benzene rings is 2. The molecule has 154 valence electrons. The molecule has 2 aromatic carbocycles. The Morgan fingerprint density at radius 2 is 1.93 bits per heavy atom. The third-order valence-corrected chi connectivity index (χ3v) is 4.55. The first-order valence-electron chi connectivity index (χ1n) is 8.50. The van der Waals surface area contributed by atoms with Gasteiger partial charge in [0.05, 0.1) is 17.1 Å². The van der Waals surface area contributed by atoms with E-state index in [1.807, 2.05) is 0 Å². The minimum absolute atomic E-state index is 0.0717. The summed E-state index contributed by atoms with van der Waals surface area (Å²) in [7, 11) is 1.33. The molecule has 0 saturated heterocycles. The monoisotopic (exact) mass is 440 g/mol. The van der Waals surface area contributed by atoms with Gasteiger partial charge in [0, 0.05) is 29.6 Å². The van der Waals surface area contributed by atoms with E-state index in [4.69, 9.17) is 32.7 Å². The SMILES string of the molecule is CCOC(=O)c1ccc([N+](=O)[O-])c(NC(=O)C(Cc2ccc(Cl)cc2Cl)OC)c1. The fraction of sp³-hybridized carbons (Fsp3) is 0.263. The number of esters is 1. The summed E-state index contributed by atoms with van der Waals surface area (Å²) in [5, 5.41) is 14.6. The summed E-state index contributed by atoms with van der Waals surface area (Å²) >= 11 is 12.0. The lowest BCUT2D eigenvalue weighted by atomic mass is 10.1. The van der Waals surface area contributed by atoms with Crippen molar-refractivity contribution in [2.24, 2.45) is 0 Å². The molecule has 0 radical (unpaired) electrons. The number of nitro groups is 1. The van der Waals surface area contributed by atoms with E-state index in [-0.39, 0.29) is 30.0 Å². The predicted octanol–water partition coefficient (Wildman–Crippen LogP) is 4.27. The van der Waals surface area contributed by atoms with E-state index in [1.54, 1.807) is 19.1 Å². The molecule has 1 unspecified atom stereocenters. The van der Waals surface area contributed by atoms with Crippen LogP contribution in [0.25, 0.3) is 0 Å². The van der Waals surface area contributed by atoms with Crippen LogP contribution in [0.4, 0.5) is 11.4 Å². The second-order valence-corrected chi connectivity index (χ2v) is 6.71. The maximum absolute atomic E-state index is 12.7. The topological polar surface area (TPSA) is 108 Å². The van der Waals surface area contributed by atoms with E-state index in [0.717, 1.165) is 6.07 Å². The molecule has 0 aliphatic rings. The number of nitrogens with one attached hydrogen (secondary N) is 1. The minimum atomic E-state index is -0.987. The van der Waals surface area contributed by atoms with Crippen LogP contribution in [-0.4, -0.2) is 36.6 Å². The van der Waals surface area contributed by atoms with Crippen molar-refractivity contribution in [1.29, 1.82) is 0 Å². The highest BCUT2D eigenvalue weighted by molar-refractivity contribution is 6.35. The Morgan fingerprint density at radius 1 is 1.21 bits per heavy atom. The first kappa shape index (κ1) is 22.6. The smallest absolute Gasteiger partial charge is 0.338 e. The molecule has 1 amide bonds. The Labute approximate surface area is 176 Å². The molecule has 29 heavy (non-hydrogen) atoms. The minimum Gasteiger partial charge on any atom is -0.462 e. The molecule has 1 N–H and O–H groups in total. The highest BCUT2D eigenvalue weighted by Crippen LogP contribution is 2.27. The molecule has 0 aliphatic carbocycles. The Hall–Kier alpha value is -2.68. The molecule has 0 saturated carbocycles. The van der Waals surface area contributed by atoms with E-state index in [0.29, 0.717) is 15.6 Å². The van der Waals surface area contributed by atoms with E-state index in [9.17, 15) is 19.7 Å². The highest BCUT2D eigenvalue weighted by Gasteiger charge is 2.24. The first-order chi connectivity index (χ1) is 13.8. The normalized spacial score (nSPS) is 11.6. The molecule has 8 nitrogen and oxygen atoms in total. The van der Waals surface area contributed by atoms with Gasteiger partial charge in [-0.25, -0.2) is 4.79 Å². The largest absolute Gasteiger partial charge is 0.462 e. The summed E-state index contributed by atoms with van der Waals surface area (Å²) in [6.45, 7) is 1.78. The van der Waals surface area contributed by atoms with Crippen molar-refractivity contribution >= 4 is 46.5 Å². The second-order valence-electron chi connectivity index (χ2n) is 5.86. The molecule has 0 aromatic heterocycles.